The first kappa shape index (κ1) is 15.8. The molecule has 4 nitrogen and oxygen atoms in total. The van der Waals surface area contributed by atoms with Gasteiger partial charge in [-0.1, -0.05) is 0 Å². The van der Waals surface area contributed by atoms with E-state index in [9.17, 15) is 9.59 Å². The third-order valence-electron chi connectivity index (χ3n) is 3.40. The van der Waals surface area contributed by atoms with Crippen LogP contribution >= 0.6 is 0 Å². The van der Waals surface area contributed by atoms with Crippen LogP contribution in [0.15, 0.2) is 24.3 Å². The second kappa shape index (κ2) is 6.46. The van der Waals surface area contributed by atoms with E-state index in [-0.39, 0.29) is 26.3 Å². The number of amides is 2. The molecular weight excluding hydrogens is 331 g/mol. The summed E-state index contributed by atoms with van der Waals surface area (Å²) in [5, 5.41) is 2.29. The van der Waals surface area contributed by atoms with Gasteiger partial charge in [0, 0.05) is 0 Å². The number of nitrogens with zero attached hydrogens (tertiary/aromatic N) is 2. The molecule has 1 aromatic carbocycles. The summed E-state index contributed by atoms with van der Waals surface area (Å²) in [5.41, 5.74) is 0. The number of benzene rings is 1. The fraction of sp³-hybridized carbons (Fsp3) is 0.375. The third kappa shape index (κ3) is 3.55. The Morgan fingerprint density at radius 1 is 0.857 bits per heavy atom. The Morgan fingerprint density at radius 3 is 1.57 bits per heavy atom. The van der Waals surface area contributed by atoms with Crippen molar-refractivity contribution in [3.63, 3.8) is 0 Å². The molecule has 112 valence electrons. The van der Waals surface area contributed by atoms with Crippen molar-refractivity contribution in [1.29, 1.82) is 0 Å². The van der Waals surface area contributed by atoms with Crippen LogP contribution in [0.4, 0.5) is 0 Å². The molecule has 2 amide bonds. The fourth-order valence-corrected chi connectivity index (χ4v) is 4.73. The summed E-state index contributed by atoms with van der Waals surface area (Å²) in [5.74, 6) is 0.226. The van der Waals surface area contributed by atoms with Crippen LogP contribution in [0.25, 0.3) is 10.8 Å². The number of hydrogen-bond donors (Lipinski definition) is 0. The first-order chi connectivity index (χ1) is 9.90. The SMILES string of the molecule is CN(C)C(=O)Cc1[se]c(CC(=O)N(C)C)c2ccccc12. The number of hydrogen-bond acceptors (Lipinski definition) is 2. The number of carbonyl (C=O) groups is 2. The quantitative estimate of drug-likeness (QED) is 0.776. The molecule has 0 unspecified atom stereocenters. The van der Waals surface area contributed by atoms with Crippen molar-refractivity contribution in [3.8, 4) is 0 Å². The minimum atomic E-state index is 0.0844. The molecule has 0 radical (unpaired) electrons. The summed E-state index contributed by atoms with van der Waals surface area (Å²) in [6.07, 6.45) is 0.896. The van der Waals surface area contributed by atoms with Gasteiger partial charge in [0.2, 0.25) is 0 Å². The van der Waals surface area contributed by atoms with Crippen LogP contribution in [0, 0.1) is 0 Å². The molecule has 0 bridgehead atoms. The van der Waals surface area contributed by atoms with E-state index in [0.717, 1.165) is 10.8 Å². The Labute approximate surface area is 131 Å². The molecule has 1 aromatic heterocycles. The number of likely N-dealkylation sites (N-methyl/N-ethyl adjacent to an activating group) is 2. The molecule has 0 atom stereocenters. The zero-order chi connectivity index (χ0) is 15.6. The Morgan fingerprint density at radius 2 is 1.24 bits per heavy atom. The van der Waals surface area contributed by atoms with Gasteiger partial charge in [0.1, 0.15) is 0 Å². The van der Waals surface area contributed by atoms with Gasteiger partial charge in [-0.15, -0.1) is 0 Å². The van der Waals surface area contributed by atoms with Crippen LogP contribution in [0.2, 0.25) is 0 Å². The molecule has 0 spiro atoms. The average Bonchev–Trinajstić information content (AvgIpc) is 2.77. The molecule has 0 saturated heterocycles. The number of carbonyl (C=O) groups excluding carboxylic acids is 2. The fourth-order valence-electron chi connectivity index (χ4n) is 2.08. The molecule has 0 aliphatic rings. The topological polar surface area (TPSA) is 40.6 Å². The number of rotatable bonds is 4. The first-order valence-electron chi connectivity index (χ1n) is 6.79. The van der Waals surface area contributed by atoms with Crippen LogP contribution in [0.5, 0.6) is 0 Å². The van der Waals surface area contributed by atoms with Gasteiger partial charge in [0.05, 0.1) is 0 Å². The van der Waals surface area contributed by atoms with Gasteiger partial charge < -0.3 is 0 Å². The van der Waals surface area contributed by atoms with E-state index in [2.05, 4.69) is 12.1 Å². The van der Waals surface area contributed by atoms with Crippen molar-refractivity contribution >= 4 is 37.1 Å². The van der Waals surface area contributed by atoms with Gasteiger partial charge in [-0.05, 0) is 0 Å². The van der Waals surface area contributed by atoms with Gasteiger partial charge in [0.15, 0.2) is 0 Å². The van der Waals surface area contributed by atoms with Crippen molar-refractivity contribution in [2.75, 3.05) is 28.2 Å². The summed E-state index contributed by atoms with van der Waals surface area (Å²) < 4.78 is 2.36. The zero-order valence-corrected chi connectivity index (χ0v) is 14.6. The van der Waals surface area contributed by atoms with Crippen molar-refractivity contribution in [1.82, 2.24) is 9.80 Å². The average molecular weight is 351 g/mol. The molecule has 1 heterocycles. The Hall–Kier alpha value is -1.58. The normalized spacial score (nSPS) is 10.7. The van der Waals surface area contributed by atoms with E-state index in [1.807, 2.05) is 12.1 Å². The molecule has 0 saturated carbocycles. The van der Waals surface area contributed by atoms with Gasteiger partial charge in [-0.3, -0.25) is 0 Å². The molecule has 0 N–H and O–H groups in total. The predicted molar refractivity (Wildman–Crippen MR) is 85.7 cm³/mol. The molecule has 5 heteroatoms. The van der Waals surface area contributed by atoms with Crippen LogP contribution in [0.3, 0.4) is 0 Å². The van der Waals surface area contributed by atoms with E-state index in [4.69, 9.17) is 0 Å². The van der Waals surface area contributed by atoms with E-state index < -0.39 is 0 Å². The molecule has 2 rings (SSSR count). The van der Waals surface area contributed by atoms with E-state index in [1.165, 1.54) is 8.87 Å². The summed E-state index contributed by atoms with van der Waals surface area (Å²) >= 11 is 0.0844. The van der Waals surface area contributed by atoms with E-state index in [1.54, 1.807) is 38.0 Å². The summed E-state index contributed by atoms with van der Waals surface area (Å²) in [6, 6.07) is 8.10. The Balaban J connectivity index is 2.39. The molecular formula is C16H20N2O2Se. The van der Waals surface area contributed by atoms with Gasteiger partial charge in [-0.25, -0.2) is 0 Å². The summed E-state index contributed by atoms with van der Waals surface area (Å²) in [4.78, 5) is 27.2. The first-order valence-corrected chi connectivity index (χ1v) is 8.51. The van der Waals surface area contributed by atoms with Gasteiger partial charge in [-0.2, -0.15) is 0 Å². The van der Waals surface area contributed by atoms with Crippen molar-refractivity contribution in [3.05, 3.63) is 33.1 Å². The van der Waals surface area contributed by atoms with E-state index >= 15 is 0 Å². The Kier molecular flexibility index (Phi) is 4.86. The number of fused-ring (bicyclic) bond motifs is 1. The predicted octanol–water partition coefficient (Wildman–Crippen LogP) is 1.16. The second-order valence-electron chi connectivity index (χ2n) is 5.42. The molecule has 2 aromatic rings. The van der Waals surface area contributed by atoms with Crippen molar-refractivity contribution < 1.29 is 9.59 Å². The maximum absolute atomic E-state index is 12.0. The molecule has 0 aliphatic heterocycles. The molecule has 0 fully saturated rings. The monoisotopic (exact) mass is 352 g/mol. The molecule has 21 heavy (non-hydrogen) atoms. The van der Waals surface area contributed by atoms with Crippen LogP contribution in [-0.4, -0.2) is 64.3 Å². The third-order valence-corrected chi connectivity index (χ3v) is 5.96. The van der Waals surface area contributed by atoms with Crippen molar-refractivity contribution in [2.45, 2.75) is 12.8 Å². The maximum atomic E-state index is 12.0. The van der Waals surface area contributed by atoms with Gasteiger partial charge in [0.25, 0.3) is 0 Å². The second-order valence-corrected chi connectivity index (χ2v) is 7.92. The zero-order valence-electron chi connectivity index (χ0n) is 12.8. The van der Waals surface area contributed by atoms with Crippen LogP contribution in [0.1, 0.15) is 8.87 Å². The van der Waals surface area contributed by atoms with Crippen LogP contribution < -0.4 is 0 Å². The van der Waals surface area contributed by atoms with Crippen molar-refractivity contribution in [2.24, 2.45) is 0 Å². The van der Waals surface area contributed by atoms with Gasteiger partial charge >= 0.3 is 131 Å². The standard InChI is InChI=1S/C16H20N2O2Se/c1-17(2)15(19)9-13-11-7-5-6-8-12(11)14(21-13)10-16(20)18(3)4/h5-8H,9-10H2,1-4H3. The minimum absolute atomic E-state index is 0.0844. The Bertz CT molecular complexity index is 618. The summed E-state index contributed by atoms with van der Waals surface area (Å²) in [7, 11) is 7.10. The summed E-state index contributed by atoms with van der Waals surface area (Å²) in [6.45, 7) is 0. The van der Waals surface area contributed by atoms with E-state index in [0.29, 0.717) is 12.8 Å². The molecule has 0 aliphatic carbocycles. The van der Waals surface area contributed by atoms with Crippen LogP contribution in [-0.2, 0) is 22.4 Å².